The van der Waals surface area contributed by atoms with Gasteiger partial charge in [-0.2, -0.15) is 0 Å². The summed E-state index contributed by atoms with van der Waals surface area (Å²) in [5.74, 6) is 1.99. The lowest BCUT2D eigenvalue weighted by atomic mass is 9.98. The summed E-state index contributed by atoms with van der Waals surface area (Å²) in [5, 5.41) is 9.45. The number of nitrogens with one attached hydrogen (secondary N) is 3. The van der Waals surface area contributed by atoms with Crippen molar-refractivity contribution in [2.45, 2.75) is 32.7 Å². The van der Waals surface area contributed by atoms with Crippen molar-refractivity contribution in [3.05, 3.63) is 59.7 Å². The largest absolute Gasteiger partial charge is 0.497 e. The summed E-state index contributed by atoms with van der Waals surface area (Å²) >= 11 is 0. The van der Waals surface area contributed by atoms with Crippen LogP contribution in [0.3, 0.4) is 0 Å². The number of carbonyl (C=O) groups is 1. The topological polar surface area (TPSA) is 74.8 Å². The van der Waals surface area contributed by atoms with Gasteiger partial charge in [-0.3, -0.25) is 9.79 Å². The zero-order valence-electron chi connectivity index (χ0n) is 17.5. The summed E-state index contributed by atoms with van der Waals surface area (Å²) < 4.78 is 5.21. The predicted octanol–water partition coefficient (Wildman–Crippen LogP) is 4.13. The summed E-state index contributed by atoms with van der Waals surface area (Å²) in [6.45, 7) is 5.16. The van der Waals surface area contributed by atoms with Crippen LogP contribution in [-0.2, 0) is 11.3 Å². The van der Waals surface area contributed by atoms with Gasteiger partial charge in [0.05, 0.1) is 7.11 Å². The number of hydrogen-bond acceptors (Lipinski definition) is 3. The van der Waals surface area contributed by atoms with Crippen LogP contribution in [0.2, 0.25) is 0 Å². The normalized spacial score (nSPS) is 11.8. The van der Waals surface area contributed by atoms with Gasteiger partial charge >= 0.3 is 0 Å². The van der Waals surface area contributed by atoms with Crippen molar-refractivity contribution >= 4 is 41.5 Å². The first-order valence-corrected chi connectivity index (χ1v) is 9.46. The summed E-state index contributed by atoms with van der Waals surface area (Å²) in [5.41, 5.74) is 3.16. The molecule has 0 aliphatic heterocycles. The molecule has 0 fully saturated rings. The van der Waals surface area contributed by atoms with Gasteiger partial charge in [0.2, 0.25) is 5.91 Å². The number of benzene rings is 2. The molecule has 2 rings (SSSR count). The molecule has 0 aliphatic rings. The van der Waals surface area contributed by atoms with E-state index in [4.69, 9.17) is 4.74 Å². The Labute approximate surface area is 190 Å². The highest BCUT2D eigenvalue weighted by atomic mass is 127. The SMILES string of the molecule is CN=C(NCCC(C)c1ccc(OC)cc1)NCc1cccc(NC(C)=O)c1.I. The van der Waals surface area contributed by atoms with Crippen LogP contribution in [0.1, 0.15) is 37.3 Å². The molecule has 0 radical (unpaired) electrons. The molecular formula is C22H31IN4O2. The number of aliphatic imine (C=N–C) groups is 1. The number of guanidine groups is 1. The first-order chi connectivity index (χ1) is 13.5. The van der Waals surface area contributed by atoms with Crippen LogP contribution in [-0.4, -0.2) is 32.6 Å². The van der Waals surface area contributed by atoms with E-state index in [0.29, 0.717) is 12.5 Å². The summed E-state index contributed by atoms with van der Waals surface area (Å²) in [7, 11) is 3.44. The van der Waals surface area contributed by atoms with Crippen molar-refractivity contribution in [2.24, 2.45) is 4.99 Å². The first-order valence-electron chi connectivity index (χ1n) is 9.46. The number of anilines is 1. The monoisotopic (exact) mass is 510 g/mol. The molecule has 0 bridgehead atoms. The highest BCUT2D eigenvalue weighted by molar-refractivity contribution is 14.0. The number of rotatable bonds is 8. The molecule has 0 aliphatic carbocycles. The smallest absolute Gasteiger partial charge is 0.221 e. The molecular weight excluding hydrogens is 479 g/mol. The molecule has 3 N–H and O–H groups in total. The highest BCUT2D eigenvalue weighted by Crippen LogP contribution is 2.21. The second kappa shape index (κ2) is 13.0. The lowest BCUT2D eigenvalue weighted by Crippen LogP contribution is -2.37. The van der Waals surface area contributed by atoms with E-state index in [1.165, 1.54) is 12.5 Å². The van der Waals surface area contributed by atoms with Gasteiger partial charge < -0.3 is 20.7 Å². The van der Waals surface area contributed by atoms with E-state index in [-0.39, 0.29) is 29.9 Å². The van der Waals surface area contributed by atoms with Gasteiger partial charge in [0.15, 0.2) is 5.96 Å². The zero-order chi connectivity index (χ0) is 20.4. The van der Waals surface area contributed by atoms with E-state index in [0.717, 1.165) is 35.9 Å². The van der Waals surface area contributed by atoms with Crippen LogP contribution >= 0.6 is 24.0 Å². The van der Waals surface area contributed by atoms with Gasteiger partial charge in [-0.15, -0.1) is 24.0 Å². The number of amides is 1. The Bertz CT molecular complexity index is 794. The van der Waals surface area contributed by atoms with Crippen molar-refractivity contribution in [3.8, 4) is 5.75 Å². The number of hydrogen-bond donors (Lipinski definition) is 3. The number of nitrogens with zero attached hydrogens (tertiary/aromatic N) is 1. The van der Waals surface area contributed by atoms with E-state index in [9.17, 15) is 4.79 Å². The Morgan fingerprint density at radius 3 is 2.48 bits per heavy atom. The van der Waals surface area contributed by atoms with E-state index >= 15 is 0 Å². The minimum absolute atomic E-state index is 0. The van der Waals surface area contributed by atoms with Crippen LogP contribution in [0.5, 0.6) is 5.75 Å². The minimum atomic E-state index is -0.0754. The number of methoxy groups -OCH3 is 1. The standard InChI is InChI=1S/C22H30N4O2.HI/c1-16(19-8-10-21(28-4)11-9-19)12-13-24-22(23-3)25-15-18-6-5-7-20(14-18)26-17(2)27;/h5-11,14,16H,12-13,15H2,1-4H3,(H,26,27)(H2,23,24,25);1H. The van der Waals surface area contributed by atoms with Crippen LogP contribution in [0.25, 0.3) is 0 Å². The molecule has 6 nitrogen and oxygen atoms in total. The molecule has 0 spiro atoms. The lowest BCUT2D eigenvalue weighted by Gasteiger charge is -2.16. The highest BCUT2D eigenvalue weighted by Gasteiger charge is 2.07. The van der Waals surface area contributed by atoms with Crippen molar-refractivity contribution in [1.82, 2.24) is 10.6 Å². The fourth-order valence-corrected chi connectivity index (χ4v) is 2.87. The molecule has 158 valence electrons. The maximum Gasteiger partial charge on any atom is 0.221 e. The third kappa shape index (κ3) is 8.72. The third-order valence-corrected chi connectivity index (χ3v) is 4.49. The lowest BCUT2D eigenvalue weighted by molar-refractivity contribution is -0.114. The van der Waals surface area contributed by atoms with Crippen molar-refractivity contribution in [1.29, 1.82) is 0 Å². The van der Waals surface area contributed by atoms with Gasteiger partial charge in [-0.1, -0.05) is 31.2 Å². The van der Waals surface area contributed by atoms with Gasteiger partial charge in [0.25, 0.3) is 0 Å². The van der Waals surface area contributed by atoms with Crippen LogP contribution in [0, 0.1) is 0 Å². The van der Waals surface area contributed by atoms with Gasteiger partial charge in [0.1, 0.15) is 5.75 Å². The summed E-state index contributed by atoms with van der Waals surface area (Å²) in [4.78, 5) is 15.5. The molecule has 1 amide bonds. The Morgan fingerprint density at radius 2 is 1.86 bits per heavy atom. The first kappa shape index (κ1) is 24.7. The molecule has 2 aromatic rings. The van der Waals surface area contributed by atoms with Crippen molar-refractivity contribution in [3.63, 3.8) is 0 Å². The third-order valence-electron chi connectivity index (χ3n) is 4.49. The number of ether oxygens (including phenoxy) is 1. The Morgan fingerprint density at radius 1 is 1.14 bits per heavy atom. The molecule has 0 saturated carbocycles. The summed E-state index contributed by atoms with van der Waals surface area (Å²) in [6, 6.07) is 16.0. The Hall–Kier alpha value is -2.29. The van der Waals surface area contributed by atoms with E-state index in [1.807, 2.05) is 36.4 Å². The zero-order valence-corrected chi connectivity index (χ0v) is 19.8. The number of carbonyl (C=O) groups excluding carboxylic acids is 1. The van der Waals surface area contributed by atoms with E-state index < -0.39 is 0 Å². The molecule has 29 heavy (non-hydrogen) atoms. The second-order valence-corrected chi connectivity index (χ2v) is 6.70. The van der Waals surface area contributed by atoms with Crippen molar-refractivity contribution in [2.75, 3.05) is 26.0 Å². The summed E-state index contributed by atoms with van der Waals surface area (Å²) in [6.07, 6.45) is 0.991. The predicted molar refractivity (Wildman–Crippen MR) is 130 cm³/mol. The molecule has 1 atom stereocenters. The average Bonchev–Trinajstić information content (AvgIpc) is 2.70. The fraction of sp³-hybridized carbons (Fsp3) is 0.364. The Kier molecular flexibility index (Phi) is 11.1. The van der Waals surface area contributed by atoms with Crippen LogP contribution < -0.4 is 20.7 Å². The molecule has 0 heterocycles. The van der Waals surface area contributed by atoms with E-state index in [2.05, 4.69) is 40.0 Å². The second-order valence-electron chi connectivity index (χ2n) is 6.70. The fourth-order valence-electron chi connectivity index (χ4n) is 2.87. The van der Waals surface area contributed by atoms with E-state index in [1.54, 1.807) is 14.2 Å². The molecule has 7 heteroatoms. The maximum atomic E-state index is 11.2. The van der Waals surface area contributed by atoms with Crippen LogP contribution in [0.15, 0.2) is 53.5 Å². The minimum Gasteiger partial charge on any atom is -0.497 e. The molecule has 1 unspecified atom stereocenters. The Balaban J connectivity index is 0.00000420. The average molecular weight is 510 g/mol. The van der Waals surface area contributed by atoms with Gasteiger partial charge in [-0.25, -0.2) is 0 Å². The quantitative estimate of drug-likeness (QED) is 0.284. The van der Waals surface area contributed by atoms with Gasteiger partial charge in [-0.05, 0) is 47.7 Å². The van der Waals surface area contributed by atoms with Crippen LogP contribution in [0.4, 0.5) is 5.69 Å². The van der Waals surface area contributed by atoms with Crippen molar-refractivity contribution < 1.29 is 9.53 Å². The molecule has 0 saturated heterocycles. The maximum absolute atomic E-state index is 11.2. The van der Waals surface area contributed by atoms with Gasteiger partial charge in [0, 0.05) is 32.7 Å². The number of halogens is 1. The molecule has 2 aromatic carbocycles. The molecule has 0 aromatic heterocycles.